The molecule has 2 rings (SSSR count). The number of carbonyl (C=O) groups is 1. The lowest BCUT2D eigenvalue weighted by atomic mass is 10.2. The normalized spacial score (nSPS) is 29.1. The molecule has 2 unspecified atom stereocenters. The highest BCUT2D eigenvalue weighted by atomic mass is 16.6. The summed E-state index contributed by atoms with van der Waals surface area (Å²) in [5.74, 6) is 0. The standard InChI is InChI=1S/C13H24N2O2/c1-13(2,3)17-12(16)15-11-8-10(11)14-9-6-4-5-7-9/h9-11,14H,4-8H2,1-3H3,(H,15,16). The van der Waals surface area contributed by atoms with E-state index in [1.807, 2.05) is 20.8 Å². The van der Waals surface area contributed by atoms with Gasteiger partial charge in [0.25, 0.3) is 0 Å². The predicted molar refractivity (Wildman–Crippen MR) is 67.0 cm³/mol. The monoisotopic (exact) mass is 240 g/mol. The van der Waals surface area contributed by atoms with Gasteiger partial charge in [0.1, 0.15) is 5.60 Å². The van der Waals surface area contributed by atoms with E-state index in [2.05, 4.69) is 10.6 Å². The summed E-state index contributed by atoms with van der Waals surface area (Å²) in [6.07, 6.45) is 6.00. The summed E-state index contributed by atoms with van der Waals surface area (Å²) in [5, 5.41) is 6.51. The van der Waals surface area contributed by atoms with Crippen LogP contribution in [0.3, 0.4) is 0 Å². The zero-order valence-corrected chi connectivity index (χ0v) is 11.1. The van der Waals surface area contributed by atoms with Crippen molar-refractivity contribution >= 4 is 6.09 Å². The van der Waals surface area contributed by atoms with Crippen molar-refractivity contribution in [2.75, 3.05) is 0 Å². The molecule has 0 bridgehead atoms. The molecule has 4 nitrogen and oxygen atoms in total. The number of alkyl carbamates (subject to hydrolysis) is 1. The smallest absolute Gasteiger partial charge is 0.407 e. The summed E-state index contributed by atoms with van der Waals surface area (Å²) in [6.45, 7) is 5.65. The van der Waals surface area contributed by atoms with E-state index in [1.54, 1.807) is 0 Å². The molecule has 1 amide bonds. The molecular formula is C13H24N2O2. The van der Waals surface area contributed by atoms with E-state index < -0.39 is 5.60 Å². The fourth-order valence-electron chi connectivity index (χ4n) is 2.39. The molecule has 2 saturated carbocycles. The molecule has 2 aliphatic rings. The summed E-state index contributed by atoms with van der Waals surface area (Å²) >= 11 is 0. The second kappa shape index (κ2) is 4.84. The third-order valence-corrected chi connectivity index (χ3v) is 3.30. The van der Waals surface area contributed by atoms with Crippen LogP contribution in [0, 0.1) is 0 Å². The van der Waals surface area contributed by atoms with Crippen LogP contribution in [0.5, 0.6) is 0 Å². The summed E-state index contributed by atoms with van der Waals surface area (Å²) in [7, 11) is 0. The number of rotatable bonds is 3. The fourth-order valence-corrected chi connectivity index (χ4v) is 2.39. The van der Waals surface area contributed by atoms with Crippen LogP contribution >= 0.6 is 0 Å². The Bertz CT molecular complexity index is 280. The van der Waals surface area contributed by atoms with E-state index >= 15 is 0 Å². The highest BCUT2D eigenvalue weighted by molar-refractivity contribution is 5.68. The summed E-state index contributed by atoms with van der Waals surface area (Å²) < 4.78 is 5.23. The lowest BCUT2D eigenvalue weighted by Gasteiger charge is -2.20. The lowest BCUT2D eigenvalue weighted by molar-refractivity contribution is 0.0522. The van der Waals surface area contributed by atoms with Gasteiger partial charge in [-0.1, -0.05) is 12.8 Å². The molecule has 98 valence electrons. The second-order valence-electron chi connectivity index (χ2n) is 6.24. The fraction of sp³-hybridized carbons (Fsp3) is 0.923. The average molecular weight is 240 g/mol. The Kier molecular flexibility index (Phi) is 3.61. The number of ether oxygens (including phenoxy) is 1. The average Bonchev–Trinajstić information content (AvgIpc) is 2.70. The van der Waals surface area contributed by atoms with Crippen molar-refractivity contribution in [1.29, 1.82) is 0 Å². The van der Waals surface area contributed by atoms with Gasteiger partial charge in [-0.15, -0.1) is 0 Å². The Morgan fingerprint density at radius 3 is 2.41 bits per heavy atom. The first-order chi connectivity index (χ1) is 7.94. The molecule has 0 heterocycles. The third kappa shape index (κ3) is 4.19. The molecule has 2 atom stereocenters. The van der Waals surface area contributed by atoms with Crippen molar-refractivity contribution in [1.82, 2.24) is 10.6 Å². The molecule has 17 heavy (non-hydrogen) atoms. The maximum atomic E-state index is 11.5. The van der Waals surface area contributed by atoms with Crippen molar-refractivity contribution < 1.29 is 9.53 Å². The summed E-state index contributed by atoms with van der Waals surface area (Å²) in [6, 6.07) is 1.40. The Labute approximate surface area is 103 Å². The molecule has 2 N–H and O–H groups in total. The molecule has 0 radical (unpaired) electrons. The van der Waals surface area contributed by atoms with Gasteiger partial charge in [-0.3, -0.25) is 0 Å². The molecule has 2 aliphatic carbocycles. The molecule has 2 fully saturated rings. The highest BCUT2D eigenvalue weighted by Crippen LogP contribution is 2.26. The Morgan fingerprint density at radius 1 is 1.18 bits per heavy atom. The van der Waals surface area contributed by atoms with Gasteiger partial charge in [0, 0.05) is 18.1 Å². The van der Waals surface area contributed by atoms with Crippen LogP contribution < -0.4 is 10.6 Å². The van der Waals surface area contributed by atoms with Crippen LogP contribution in [0.1, 0.15) is 52.9 Å². The molecule has 4 heteroatoms. The van der Waals surface area contributed by atoms with E-state index in [0.717, 1.165) is 6.42 Å². The van der Waals surface area contributed by atoms with E-state index in [9.17, 15) is 4.79 Å². The Hall–Kier alpha value is -0.770. The van der Waals surface area contributed by atoms with Crippen LogP contribution in [-0.2, 0) is 4.74 Å². The van der Waals surface area contributed by atoms with Crippen LogP contribution in [0.2, 0.25) is 0 Å². The van der Waals surface area contributed by atoms with Gasteiger partial charge in [0.2, 0.25) is 0 Å². The van der Waals surface area contributed by atoms with E-state index in [1.165, 1.54) is 25.7 Å². The number of nitrogens with one attached hydrogen (secondary N) is 2. The predicted octanol–water partition coefficient (Wildman–Crippen LogP) is 2.18. The van der Waals surface area contributed by atoms with Gasteiger partial charge in [-0.25, -0.2) is 4.79 Å². The van der Waals surface area contributed by atoms with Crippen LogP contribution in [0.4, 0.5) is 4.79 Å². The van der Waals surface area contributed by atoms with Crippen molar-refractivity contribution in [2.45, 2.75) is 76.6 Å². The maximum absolute atomic E-state index is 11.5. The quantitative estimate of drug-likeness (QED) is 0.795. The molecule has 0 aromatic carbocycles. The molecule has 0 aromatic heterocycles. The summed E-state index contributed by atoms with van der Waals surface area (Å²) in [5.41, 5.74) is -0.409. The number of hydrogen-bond donors (Lipinski definition) is 2. The number of amides is 1. The maximum Gasteiger partial charge on any atom is 0.407 e. The minimum absolute atomic E-state index is 0.269. The molecule has 0 saturated heterocycles. The highest BCUT2D eigenvalue weighted by Gasteiger charge is 2.40. The molecule has 0 aliphatic heterocycles. The van der Waals surface area contributed by atoms with E-state index in [0.29, 0.717) is 12.1 Å². The first kappa shape index (κ1) is 12.7. The van der Waals surface area contributed by atoms with E-state index in [4.69, 9.17) is 4.74 Å². The van der Waals surface area contributed by atoms with E-state index in [-0.39, 0.29) is 12.1 Å². The molecule has 0 aromatic rings. The lowest BCUT2D eigenvalue weighted by Crippen LogP contribution is -2.38. The van der Waals surface area contributed by atoms with Crippen molar-refractivity contribution in [2.24, 2.45) is 0 Å². The van der Waals surface area contributed by atoms with Crippen LogP contribution in [-0.4, -0.2) is 29.8 Å². The molecular weight excluding hydrogens is 216 g/mol. The minimum Gasteiger partial charge on any atom is -0.444 e. The van der Waals surface area contributed by atoms with Crippen LogP contribution in [0.15, 0.2) is 0 Å². The zero-order chi connectivity index (χ0) is 12.5. The van der Waals surface area contributed by atoms with Crippen molar-refractivity contribution in [3.8, 4) is 0 Å². The van der Waals surface area contributed by atoms with Crippen molar-refractivity contribution in [3.05, 3.63) is 0 Å². The Balaban J connectivity index is 1.64. The first-order valence-electron chi connectivity index (χ1n) is 6.69. The number of hydrogen-bond acceptors (Lipinski definition) is 3. The summed E-state index contributed by atoms with van der Waals surface area (Å²) in [4.78, 5) is 11.5. The Morgan fingerprint density at radius 2 is 1.82 bits per heavy atom. The van der Waals surface area contributed by atoms with Gasteiger partial charge >= 0.3 is 6.09 Å². The van der Waals surface area contributed by atoms with Crippen molar-refractivity contribution in [3.63, 3.8) is 0 Å². The van der Waals surface area contributed by atoms with Gasteiger partial charge in [0.15, 0.2) is 0 Å². The van der Waals surface area contributed by atoms with Gasteiger partial charge in [0.05, 0.1) is 0 Å². The largest absolute Gasteiger partial charge is 0.444 e. The number of carbonyl (C=O) groups excluding carboxylic acids is 1. The van der Waals surface area contributed by atoms with Crippen LogP contribution in [0.25, 0.3) is 0 Å². The van der Waals surface area contributed by atoms with Gasteiger partial charge in [-0.2, -0.15) is 0 Å². The van der Waals surface area contributed by atoms with Gasteiger partial charge in [-0.05, 0) is 40.0 Å². The van der Waals surface area contributed by atoms with Gasteiger partial charge < -0.3 is 15.4 Å². The first-order valence-corrected chi connectivity index (χ1v) is 6.69. The second-order valence-corrected chi connectivity index (χ2v) is 6.24. The SMILES string of the molecule is CC(C)(C)OC(=O)NC1CC1NC1CCCC1. The zero-order valence-electron chi connectivity index (χ0n) is 11.1. The molecule has 0 spiro atoms. The topological polar surface area (TPSA) is 50.4 Å². The minimum atomic E-state index is -0.409. The third-order valence-electron chi connectivity index (χ3n) is 3.30.